The van der Waals surface area contributed by atoms with Crippen LogP contribution in [0.15, 0.2) is 70.6 Å². The van der Waals surface area contributed by atoms with Crippen molar-refractivity contribution in [1.29, 1.82) is 0 Å². The molecule has 0 radical (unpaired) electrons. The van der Waals surface area contributed by atoms with Gasteiger partial charge in [0, 0.05) is 16.2 Å². The number of ether oxygens (including phenoxy) is 1. The second-order valence-corrected chi connectivity index (χ2v) is 12.7. The third-order valence-corrected chi connectivity index (χ3v) is 9.96. The van der Waals surface area contributed by atoms with Gasteiger partial charge < -0.3 is 9.84 Å². The van der Waals surface area contributed by atoms with E-state index in [1.807, 2.05) is 41.8 Å². The normalized spacial score (nSPS) is 24.9. The number of rotatable bonds is 8. The minimum absolute atomic E-state index is 0.0126. The number of aromatic hydroxyl groups is 1. The highest BCUT2D eigenvalue weighted by atomic mass is 32.1. The van der Waals surface area contributed by atoms with Crippen LogP contribution in [0.3, 0.4) is 0 Å². The van der Waals surface area contributed by atoms with E-state index in [0.717, 1.165) is 40.5 Å². The predicted octanol–water partition coefficient (Wildman–Crippen LogP) is 7.35. The molecule has 2 saturated heterocycles. The average Bonchev–Trinajstić information content (AvgIpc) is 3.68. The molecule has 6 rings (SSSR count). The average molecular weight is 556 g/mol. The fraction of sp³-hybridized carbons (Fsp3) is 0.412. The molecule has 2 fully saturated rings. The molecule has 0 unspecified atom stereocenters. The number of hydrogen-bond acceptors (Lipinski definition) is 5. The van der Waals surface area contributed by atoms with Crippen molar-refractivity contribution < 1.29 is 19.4 Å². The van der Waals surface area contributed by atoms with Gasteiger partial charge in [-0.2, -0.15) is 0 Å². The van der Waals surface area contributed by atoms with Gasteiger partial charge in [-0.3, -0.25) is 14.5 Å². The van der Waals surface area contributed by atoms with Crippen LogP contribution in [0.25, 0.3) is 16.8 Å². The van der Waals surface area contributed by atoms with E-state index in [0.29, 0.717) is 31.2 Å². The second kappa shape index (κ2) is 11.0. The van der Waals surface area contributed by atoms with Crippen molar-refractivity contribution in [3.63, 3.8) is 0 Å². The Morgan fingerprint density at radius 1 is 1.07 bits per heavy atom. The summed E-state index contributed by atoms with van der Waals surface area (Å²) in [5.74, 6) is -0.0154. The van der Waals surface area contributed by atoms with Gasteiger partial charge in [-0.15, -0.1) is 11.3 Å². The van der Waals surface area contributed by atoms with Crippen LogP contribution in [0.4, 0.5) is 0 Å². The van der Waals surface area contributed by atoms with Crippen LogP contribution < -0.4 is 0 Å². The minimum Gasteiger partial charge on any atom is -0.507 e. The predicted molar refractivity (Wildman–Crippen MR) is 160 cm³/mol. The van der Waals surface area contributed by atoms with Crippen LogP contribution in [0.5, 0.6) is 5.75 Å². The third kappa shape index (κ3) is 4.71. The number of phenolic OH excluding ortho intramolecular Hbond substituents is 1. The highest BCUT2D eigenvalue weighted by Crippen LogP contribution is 2.51. The number of carbonyl (C=O) groups excluding carboxylic acids is 2. The zero-order valence-electron chi connectivity index (χ0n) is 23.4. The Morgan fingerprint density at radius 2 is 1.88 bits per heavy atom. The number of fused-ring (bicyclic) bond motifs is 4. The molecule has 208 valence electrons. The SMILES string of the molecule is CC/C(=C\c1ccc(O)c2ccccc12)CC[C@H]1OC[C@H]2C1=C(C(C)C)C[C@H]1C(=O)N(Cc3cccs3)C(=O)[C@H]12. The maximum atomic E-state index is 13.7. The molecule has 5 nitrogen and oxygen atoms in total. The first kappa shape index (κ1) is 27.0. The Hall–Kier alpha value is -3.22. The zero-order chi connectivity index (χ0) is 28.0. The maximum Gasteiger partial charge on any atom is 0.234 e. The van der Waals surface area contributed by atoms with E-state index < -0.39 is 0 Å². The van der Waals surface area contributed by atoms with E-state index in [9.17, 15) is 14.7 Å². The Labute approximate surface area is 240 Å². The number of benzene rings is 2. The van der Waals surface area contributed by atoms with Gasteiger partial charge >= 0.3 is 0 Å². The highest BCUT2D eigenvalue weighted by molar-refractivity contribution is 7.09. The van der Waals surface area contributed by atoms with E-state index in [4.69, 9.17) is 4.74 Å². The summed E-state index contributed by atoms with van der Waals surface area (Å²) >= 11 is 1.59. The summed E-state index contributed by atoms with van der Waals surface area (Å²) in [5.41, 5.74) is 5.05. The van der Waals surface area contributed by atoms with E-state index in [-0.39, 0.29) is 35.7 Å². The largest absolute Gasteiger partial charge is 0.507 e. The first-order chi connectivity index (χ1) is 19.4. The van der Waals surface area contributed by atoms with E-state index in [1.54, 1.807) is 17.4 Å². The Bertz CT molecular complexity index is 1500. The molecular weight excluding hydrogens is 518 g/mol. The van der Waals surface area contributed by atoms with Gasteiger partial charge in [-0.05, 0) is 65.6 Å². The number of hydrogen-bond donors (Lipinski definition) is 1. The standard InChI is InChI=1S/C34H37NO4S/c1-4-21(16-22-12-13-29(36)25-10-6-5-9-24(22)25)11-14-30-31-26(20(2)3)17-27-32(28(31)19-39-30)34(38)35(33(27)37)18-23-8-7-15-40-23/h5-10,12-13,15-16,20,27-28,30,32,36H,4,11,14,17-19H2,1-3H3/b21-16+/t27-,28+,30-,32-/m1/s1. The van der Waals surface area contributed by atoms with Gasteiger partial charge in [-0.1, -0.05) is 74.4 Å². The summed E-state index contributed by atoms with van der Waals surface area (Å²) in [4.78, 5) is 29.7. The number of amides is 2. The highest BCUT2D eigenvalue weighted by Gasteiger charge is 2.57. The molecule has 0 bridgehead atoms. The van der Waals surface area contributed by atoms with Gasteiger partial charge in [0.05, 0.1) is 31.1 Å². The van der Waals surface area contributed by atoms with Crippen LogP contribution >= 0.6 is 11.3 Å². The molecule has 0 saturated carbocycles. The molecule has 2 aliphatic heterocycles. The first-order valence-electron chi connectivity index (χ1n) is 14.5. The molecule has 0 spiro atoms. The molecule has 2 amide bonds. The van der Waals surface area contributed by atoms with Gasteiger partial charge in [-0.25, -0.2) is 0 Å². The lowest BCUT2D eigenvalue weighted by Crippen LogP contribution is -2.35. The molecule has 3 aromatic rings. The van der Waals surface area contributed by atoms with E-state index >= 15 is 0 Å². The van der Waals surface area contributed by atoms with Crippen molar-refractivity contribution >= 4 is 40.0 Å². The number of phenols is 1. The molecule has 3 heterocycles. The molecule has 4 atom stereocenters. The van der Waals surface area contributed by atoms with Crippen LogP contribution in [-0.2, 0) is 20.9 Å². The van der Waals surface area contributed by atoms with Crippen molar-refractivity contribution in [2.24, 2.45) is 23.7 Å². The summed E-state index contributed by atoms with van der Waals surface area (Å²) in [6.07, 6.45) is 5.57. The van der Waals surface area contributed by atoms with E-state index in [2.05, 4.69) is 32.9 Å². The number of allylic oxidation sites excluding steroid dienone is 2. The minimum atomic E-state index is -0.306. The second-order valence-electron chi connectivity index (χ2n) is 11.7. The number of nitrogens with zero attached hydrogens (tertiary/aromatic N) is 1. The van der Waals surface area contributed by atoms with Crippen molar-refractivity contribution in [3.8, 4) is 5.75 Å². The lowest BCUT2D eigenvalue weighted by molar-refractivity contribution is -0.140. The van der Waals surface area contributed by atoms with Crippen molar-refractivity contribution in [1.82, 2.24) is 4.90 Å². The summed E-state index contributed by atoms with van der Waals surface area (Å²) in [5, 5.41) is 14.2. The maximum absolute atomic E-state index is 13.7. The summed E-state index contributed by atoms with van der Waals surface area (Å²) in [6, 6.07) is 15.7. The van der Waals surface area contributed by atoms with Crippen molar-refractivity contribution in [2.75, 3.05) is 6.61 Å². The summed E-state index contributed by atoms with van der Waals surface area (Å²) in [6.45, 7) is 7.47. The third-order valence-electron chi connectivity index (χ3n) is 9.10. The van der Waals surface area contributed by atoms with Crippen LogP contribution in [0.2, 0.25) is 0 Å². The lowest BCUT2D eigenvalue weighted by atomic mass is 9.67. The lowest BCUT2D eigenvalue weighted by Gasteiger charge is -2.33. The summed E-state index contributed by atoms with van der Waals surface area (Å²) < 4.78 is 6.45. The molecule has 2 aromatic carbocycles. The van der Waals surface area contributed by atoms with Crippen LogP contribution in [-0.4, -0.2) is 34.5 Å². The van der Waals surface area contributed by atoms with Gasteiger partial charge in [0.1, 0.15) is 5.75 Å². The Kier molecular flexibility index (Phi) is 7.41. The molecule has 6 heteroatoms. The Morgan fingerprint density at radius 3 is 2.60 bits per heavy atom. The van der Waals surface area contributed by atoms with Crippen molar-refractivity contribution in [2.45, 2.75) is 59.1 Å². The topological polar surface area (TPSA) is 66.8 Å². The zero-order valence-corrected chi connectivity index (χ0v) is 24.2. The monoisotopic (exact) mass is 555 g/mol. The number of thiophene rings is 1. The molecule has 1 aliphatic carbocycles. The molecular formula is C34H37NO4S. The fourth-order valence-corrected chi connectivity index (χ4v) is 7.75. The van der Waals surface area contributed by atoms with Crippen molar-refractivity contribution in [3.05, 3.63) is 81.1 Å². The number of likely N-dealkylation sites (tertiary alicyclic amines) is 1. The Balaban J connectivity index is 1.24. The molecule has 40 heavy (non-hydrogen) atoms. The molecule has 1 N–H and O–H groups in total. The quantitative estimate of drug-likeness (QED) is 0.233. The summed E-state index contributed by atoms with van der Waals surface area (Å²) in [7, 11) is 0. The number of imide groups is 1. The van der Waals surface area contributed by atoms with Gasteiger partial charge in [0.2, 0.25) is 11.8 Å². The smallest absolute Gasteiger partial charge is 0.234 e. The van der Waals surface area contributed by atoms with Gasteiger partial charge in [0.15, 0.2) is 0 Å². The van der Waals surface area contributed by atoms with Crippen LogP contribution in [0, 0.1) is 23.7 Å². The number of carbonyl (C=O) groups is 2. The first-order valence-corrected chi connectivity index (χ1v) is 15.4. The molecule has 3 aliphatic rings. The fourth-order valence-electron chi connectivity index (χ4n) is 7.06. The van der Waals surface area contributed by atoms with Gasteiger partial charge in [0.25, 0.3) is 0 Å². The molecule has 1 aromatic heterocycles. The van der Waals surface area contributed by atoms with Crippen LogP contribution in [0.1, 0.15) is 56.9 Å². The van der Waals surface area contributed by atoms with E-state index in [1.165, 1.54) is 21.6 Å².